The Bertz CT molecular complexity index is 552. The summed E-state index contributed by atoms with van der Waals surface area (Å²) in [6.45, 7) is 0.185. The standard InChI is InChI=1S/C14H17ClN2O4/c1-18-10-6-11(19-2)8-12(7-10)20-9-14-17-16-13(21-14)4-3-5-15/h6-8H,3-5,9H2,1-2H3. The Hall–Kier alpha value is -1.95. The molecular weight excluding hydrogens is 296 g/mol. The van der Waals surface area contributed by atoms with Gasteiger partial charge in [0.1, 0.15) is 17.2 Å². The molecule has 7 heteroatoms. The Labute approximate surface area is 128 Å². The first-order valence-electron chi connectivity index (χ1n) is 6.48. The van der Waals surface area contributed by atoms with Crippen molar-refractivity contribution >= 4 is 11.6 Å². The predicted octanol–water partition coefficient (Wildman–Crippen LogP) is 2.84. The average molecular weight is 313 g/mol. The lowest BCUT2D eigenvalue weighted by atomic mass is 10.3. The molecule has 114 valence electrons. The van der Waals surface area contributed by atoms with Crippen LogP contribution >= 0.6 is 11.6 Å². The molecule has 0 N–H and O–H groups in total. The van der Waals surface area contributed by atoms with Crippen LogP contribution in [0.4, 0.5) is 0 Å². The van der Waals surface area contributed by atoms with Crippen LogP contribution in [0, 0.1) is 0 Å². The molecule has 1 heterocycles. The summed E-state index contributed by atoms with van der Waals surface area (Å²) in [6.07, 6.45) is 1.47. The molecule has 21 heavy (non-hydrogen) atoms. The second-order valence-electron chi connectivity index (χ2n) is 4.22. The molecule has 0 spiro atoms. The third-order valence-electron chi connectivity index (χ3n) is 2.72. The Morgan fingerprint density at radius 2 is 1.62 bits per heavy atom. The van der Waals surface area contributed by atoms with Crippen molar-refractivity contribution in [2.75, 3.05) is 20.1 Å². The van der Waals surface area contributed by atoms with Gasteiger partial charge in [0, 0.05) is 30.5 Å². The second-order valence-corrected chi connectivity index (χ2v) is 4.60. The molecule has 6 nitrogen and oxygen atoms in total. The zero-order valence-electron chi connectivity index (χ0n) is 12.0. The van der Waals surface area contributed by atoms with Crippen molar-refractivity contribution in [3.8, 4) is 17.2 Å². The Morgan fingerprint density at radius 1 is 1.00 bits per heavy atom. The van der Waals surface area contributed by atoms with E-state index < -0.39 is 0 Å². The monoisotopic (exact) mass is 312 g/mol. The Kier molecular flexibility index (Phi) is 5.68. The van der Waals surface area contributed by atoms with E-state index in [0.29, 0.717) is 41.3 Å². The molecule has 2 aromatic rings. The van der Waals surface area contributed by atoms with Gasteiger partial charge in [-0.05, 0) is 6.42 Å². The van der Waals surface area contributed by atoms with Crippen LogP contribution in [-0.4, -0.2) is 30.3 Å². The summed E-state index contributed by atoms with van der Waals surface area (Å²) in [5, 5.41) is 7.85. The molecule has 0 atom stereocenters. The zero-order valence-corrected chi connectivity index (χ0v) is 12.7. The van der Waals surface area contributed by atoms with Crippen LogP contribution in [0.2, 0.25) is 0 Å². The first kappa shape index (κ1) is 15.4. The number of alkyl halides is 1. The molecule has 0 fully saturated rings. The van der Waals surface area contributed by atoms with Gasteiger partial charge in [0.2, 0.25) is 5.89 Å². The third-order valence-corrected chi connectivity index (χ3v) is 2.99. The number of nitrogens with zero attached hydrogens (tertiary/aromatic N) is 2. The number of rotatable bonds is 8. The van der Waals surface area contributed by atoms with E-state index in [9.17, 15) is 0 Å². The van der Waals surface area contributed by atoms with Crippen molar-refractivity contribution in [2.24, 2.45) is 0 Å². The quantitative estimate of drug-likeness (QED) is 0.698. The maximum atomic E-state index is 5.62. The van der Waals surface area contributed by atoms with Gasteiger partial charge in [-0.2, -0.15) is 0 Å². The maximum absolute atomic E-state index is 5.62. The zero-order chi connectivity index (χ0) is 15.1. The van der Waals surface area contributed by atoms with Crippen molar-refractivity contribution in [1.29, 1.82) is 0 Å². The van der Waals surface area contributed by atoms with Crippen LogP contribution in [0.3, 0.4) is 0 Å². The SMILES string of the molecule is COc1cc(OC)cc(OCc2nnc(CCCCl)o2)c1. The van der Waals surface area contributed by atoms with Crippen LogP contribution in [0.25, 0.3) is 0 Å². The highest BCUT2D eigenvalue weighted by atomic mass is 35.5. The number of benzene rings is 1. The van der Waals surface area contributed by atoms with Gasteiger partial charge in [0.05, 0.1) is 14.2 Å². The fraction of sp³-hybridized carbons (Fsp3) is 0.429. The fourth-order valence-corrected chi connectivity index (χ4v) is 1.81. The van der Waals surface area contributed by atoms with Gasteiger partial charge in [-0.15, -0.1) is 21.8 Å². The average Bonchev–Trinajstić information content (AvgIpc) is 2.98. The van der Waals surface area contributed by atoms with Gasteiger partial charge < -0.3 is 18.6 Å². The van der Waals surface area contributed by atoms with Crippen molar-refractivity contribution < 1.29 is 18.6 Å². The van der Waals surface area contributed by atoms with Gasteiger partial charge in [-0.3, -0.25) is 0 Å². The highest BCUT2D eigenvalue weighted by Crippen LogP contribution is 2.27. The molecule has 0 aliphatic heterocycles. The number of halogens is 1. The number of aromatic nitrogens is 2. The van der Waals surface area contributed by atoms with Gasteiger partial charge in [-0.1, -0.05) is 0 Å². The van der Waals surface area contributed by atoms with Crippen molar-refractivity contribution in [2.45, 2.75) is 19.4 Å². The smallest absolute Gasteiger partial charge is 0.253 e. The van der Waals surface area contributed by atoms with E-state index in [4.69, 9.17) is 30.2 Å². The van der Waals surface area contributed by atoms with Crippen LogP contribution in [0.5, 0.6) is 17.2 Å². The molecule has 0 aliphatic carbocycles. The second kappa shape index (κ2) is 7.73. The van der Waals surface area contributed by atoms with Crippen molar-refractivity contribution in [3.05, 3.63) is 30.0 Å². The van der Waals surface area contributed by atoms with E-state index >= 15 is 0 Å². The summed E-state index contributed by atoms with van der Waals surface area (Å²) in [5.74, 6) is 3.46. The highest BCUT2D eigenvalue weighted by molar-refractivity contribution is 6.17. The first-order valence-corrected chi connectivity index (χ1v) is 7.01. The number of hydrogen-bond donors (Lipinski definition) is 0. The lowest BCUT2D eigenvalue weighted by Gasteiger charge is -2.08. The number of hydrogen-bond acceptors (Lipinski definition) is 6. The number of ether oxygens (including phenoxy) is 3. The molecular formula is C14H17ClN2O4. The van der Waals surface area contributed by atoms with Crippen LogP contribution in [-0.2, 0) is 13.0 Å². The maximum Gasteiger partial charge on any atom is 0.253 e. The topological polar surface area (TPSA) is 66.6 Å². The lowest BCUT2D eigenvalue weighted by molar-refractivity contribution is 0.256. The molecule has 2 rings (SSSR count). The molecule has 1 aromatic carbocycles. The van der Waals surface area contributed by atoms with Crippen molar-refractivity contribution in [1.82, 2.24) is 10.2 Å². The molecule has 1 aromatic heterocycles. The summed E-state index contributed by atoms with van der Waals surface area (Å²) in [6, 6.07) is 5.28. The van der Waals surface area contributed by atoms with E-state index in [0.717, 1.165) is 6.42 Å². The molecule has 0 unspecified atom stereocenters. The van der Waals surface area contributed by atoms with Gasteiger partial charge >= 0.3 is 0 Å². The van der Waals surface area contributed by atoms with Gasteiger partial charge in [-0.25, -0.2) is 0 Å². The minimum atomic E-state index is 0.185. The van der Waals surface area contributed by atoms with E-state index in [1.54, 1.807) is 32.4 Å². The largest absolute Gasteiger partial charge is 0.496 e. The summed E-state index contributed by atoms with van der Waals surface area (Å²) in [5.41, 5.74) is 0. The highest BCUT2D eigenvalue weighted by Gasteiger charge is 2.08. The molecule has 0 saturated carbocycles. The fourth-order valence-electron chi connectivity index (χ4n) is 1.68. The third kappa shape index (κ3) is 4.53. The lowest BCUT2D eigenvalue weighted by Crippen LogP contribution is -1.97. The molecule has 0 amide bonds. The molecule has 0 aliphatic rings. The number of methoxy groups -OCH3 is 2. The van der Waals surface area contributed by atoms with E-state index in [-0.39, 0.29) is 6.61 Å². The summed E-state index contributed by atoms with van der Waals surface area (Å²) >= 11 is 5.62. The molecule has 0 bridgehead atoms. The summed E-state index contributed by atoms with van der Waals surface area (Å²) in [4.78, 5) is 0. The minimum Gasteiger partial charge on any atom is -0.496 e. The Balaban J connectivity index is 1.97. The van der Waals surface area contributed by atoms with Crippen LogP contribution in [0.15, 0.2) is 22.6 Å². The van der Waals surface area contributed by atoms with Crippen LogP contribution in [0.1, 0.15) is 18.2 Å². The molecule has 0 saturated heterocycles. The van der Waals surface area contributed by atoms with Gasteiger partial charge in [0.15, 0.2) is 6.61 Å². The minimum absolute atomic E-state index is 0.185. The van der Waals surface area contributed by atoms with E-state index in [2.05, 4.69) is 10.2 Å². The van der Waals surface area contributed by atoms with Gasteiger partial charge in [0.25, 0.3) is 5.89 Å². The first-order chi connectivity index (χ1) is 10.2. The van der Waals surface area contributed by atoms with E-state index in [1.807, 2.05) is 0 Å². The van der Waals surface area contributed by atoms with Crippen LogP contribution < -0.4 is 14.2 Å². The summed E-state index contributed by atoms with van der Waals surface area (Å²) in [7, 11) is 3.17. The predicted molar refractivity (Wildman–Crippen MR) is 77.2 cm³/mol. The van der Waals surface area contributed by atoms with E-state index in [1.165, 1.54) is 0 Å². The number of aryl methyl sites for hydroxylation is 1. The normalized spacial score (nSPS) is 10.4. The van der Waals surface area contributed by atoms with Crippen molar-refractivity contribution in [3.63, 3.8) is 0 Å². The Morgan fingerprint density at radius 3 is 2.24 bits per heavy atom. The molecule has 0 radical (unpaired) electrons. The summed E-state index contributed by atoms with van der Waals surface area (Å²) < 4.78 is 21.4.